The normalized spacial score (nSPS) is 11.7. The Hall–Kier alpha value is -3.35. The summed E-state index contributed by atoms with van der Waals surface area (Å²) >= 11 is 0. The average molecular weight is 406 g/mol. The summed E-state index contributed by atoms with van der Waals surface area (Å²) in [4.78, 5) is 11.1. The number of para-hydroxylation sites is 1. The largest absolute Gasteiger partial charge is 0.489 e. The Morgan fingerprint density at radius 2 is 1.87 bits per heavy atom. The van der Waals surface area contributed by atoms with E-state index in [0.717, 1.165) is 27.9 Å². The highest BCUT2D eigenvalue weighted by molar-refractivity contribution is 5.71. The molecule has 0 aromatic heterocycles. The van der Waals surface area contributed by atoms with Crippen molar-refractivity contribution in [3.05, 3.63) is 83.4 Å². The quantitative estimate of drug-likeness (QED) is 0.433. The molecular formula is C24H26N2O4. The van der Waals surface area contributed by atoms with E-state index >= 15 is 0 Å². The Balaban J connectivity index is 1.87. The molecule has 0 heterocycles. The predicted octanol–water partition coefficient (Wildman–Crippen LogP) is 3.59. The van der Waals surface area contributed by atoms with Gasteiger partial charge in [-0.15, -0.1) is 0 Å². The van der Waals surface area contributed by atoms with Crippen LogP contribution in [0.4, 0.5) is 5.69 Å². The summed E-state index contributed by atoms with van der Waals surface area (Å²) < 4.78 is 5.95. The number of carboxylic acids is 1. The molecule has 5 N–H and O–H groups in total. The molecule has 0 amide bonds. The van der Waals surface area contributed by atoms with E-state index in [1.165, 1.54) is 0 Å². The van der Waals surface area contributed by atoms with E-state index in [2.05, 4.69) is 5.32 Å². The van der Waals surface area contributed by atoms with E-state index in [1.54, 1.807) is 18.2 Å². The second-order valence-electron chi connectivity index (χ2n) is 7.05. The van der Waals surface area contributed by atoms with Crippen LogP contribution in [0.5, 0.6) is 5.75 Å². The van der Waals surface area contributed by atoms with Crippen molar-refractivity contribution in [2.45, 2.75) is 19.1 Å². The van der Waals surface area contributed by atoms with Crippen molar-refractivity contribution in [2.24, 2.45) is 5.73 Å². The summed E-state index contributed by atoms with van der Waals surface area (Å²) in [6.45, 7) is 0.184. The molecule has 3 aromatic rings. The number of anilines is 1. The van der Waals surface area contributed by atoms with Crippen LogP contribution < -0.4 is 15.8 Å². The lowest BCUT2D eigenvalue weighted by molar-refractivity contribution is -0.136. The first-order valence-electron chi connectivity index (χ1n) is 9.71. The van der Waals surface area contributed by atoms with Crippen molar-refractivity contribution >= 4 is 11.7 Å². The molecule has 0 spiro atoms. The predicted molar refractivity (Wildman–Crippen MR) is 118 cm³/mol. The van der Waals surface area contributed by atoms with Gasteiger partial charge >= 0.3 is 5.97 Å². The van der Waals surface area contributed by atoms with Crippen LogP contribution >= 0.6 is 0 Å². The molecule has 0 radical (unpaired) electrons. The lowest BCUT2D eigenvalue weighted by atomic mass is 9.98. The van der Waals surface area contributed by atoms with Gasteiger partial charge in [-0.1, -0.05) is 36.4 Å². The molecule has 0 fully saturated rings. The van der Waals surface area contributed by atoms with E-state index in [0.29, 0.717) is 17.9 Å². The highest BCUT2D eigenvalue weighted by Crippen LogP contribution is 2.28. The molecule has 30 heavy (non-hydrogen) atoms. The maximum Gasteiger partial charge on any atom is 0.307 e. The van der Waals surface area contributed by atoms with E-state index in [-0.39, 0.29) is 13.0 Å². The highest BCUT2D eigenvalue weighted by atomic mass is 16.5. The van der Waals surface area contributed by atoms with Crippen LogP contribution in [-0.2, 0) is 17.8 Å². The van der Waals surface area contributed by atoms with Gasteiger partial charge < -0.3 is 26.0 Å². The summed E-state index contributed by atoms with van der Waals surface area (Å²) in [6, 6.07) is 20.6. The molecule has 1 unspecified atom stereocenters. The minimum atomic E-state index is -0.897. The lowest BCUT2D eigenvalue weighted by Crippen LogP contribution is -2.14. The average Bonchev–Trinajstić information content (AvgIpc) is 2.77. The topological polar surface area (TPSA) is 105 Å². The third kappa shape index (κ3) is 5.37. The SMILES string of the molecule is CNc1cc(COc2ccccc2CC(=O)O)cc(-c2cccc(C(N)CO)c2)c1. The number of aliphatic carboxylic acids is 1. The van der Waals surface area contributed by atoms with Gasteiger partial charge in [0.05, 0.1) is 19.1 Å². The van der Waals surface area contributed by atoms with Crippen LogP contribution in [0.25, 0.3) is 11.1 Å². The molecule has 1 atom stereocenters. The van der Waals surface area contributed by atoms with Gasteiger partial charge in [0.25, 0.3) is 0 Å². The summed E-state index contributed by atoms with van der Waals surface area (Å²) in [7, 11) is 1.85. The van der Waals surface area contributed by atoms with E-state index in [9.17, 15) is 9.90 Å². The molecule has 3 rings (SSSR count). The number of hydrogen-bond donors (Lipinski definition) is 4. The fourth-order valence-electron chi connectivity index (χ4n) is 3.26. The van der Waals surface area contributed by atoms with E-state index in [1.807, 2.05) is 55.6 Å². The molecule has 156 valence electrons. The zero-order chi connectivity index (χ0) is 21.5. The zero-order valence-corrected chi connectivity index (χ0v) is 16.8. The van der Waals surface area contributed by atoms with Crippen LogP contribution in [0.3, 0.4) is 0 Å². The summed E-state index contributed by atoms with van der Waals surface area (Å²) in [5, 5.41) is 21.6. The Morgan fingerprint density at radius 1 is 1.07 bits per heavy atom. The van der Waals surface area contributed by atoms with Crippen LogP contribution in [0, 0.1) is 0 Å². The third-order valence-corrected chi connectivity index (χ3v) is 4.83. The number of aliphatic hydroxyl groups excluding tert-OH is 1. The third-order valence-electron chi connectivity index (χ3n) is 4.83. The van der Waals surface area contributed by atoms with Gasteiger partial charge in [-0.2, -0.15) is 0 Å². The van der Waals surface area contributed by atoms with Crippen molar-refractivity contribution in [3.63, 3.8) is 0 Å². The number of rotatable bonds is 9. The first-order chi connectivity index (χ1) is 14.5. The summed E-state index contributed by atoms with van der Waals surface area (Å²) in [5.41, 5.74) is 11.3. The number of aliphatic hydroxyl groups is 1. The minimum absolute atomic E-state index is 0.0874. The van der Waals surface area contributed by atoms with Gasteiger partial charge in [0.15, 0.2) is 0 Å². The number of hydrogen-bond acceptors (Lipinski definition) is 5. The zero-order valence-electron chi connectivity index (χ0n) is 16.8. The molecule has 0 bridgehead atoms. The standard InChI is InChI=1S/C24H26N2O4/c1-26-21-10-16(15-30-23-8-3-2-5-19(23)13-24(28)29)9-20(12-21)17-6-4-7-18(11-17)22(25)14-27/h2-12,22,26-27H,13-15,25H2,1H3,(H,28,29). The maximum atomic E-state index is 11.1. The number of carboxylic acid groups (broad SMARTS) is 1. The lowest BCUT2D eigenvalue weighted by Gasteiger charge is -2.14. The van der Waals surface area contributed by atoms with Gasteiger partial charge in [-0.05, 0) is 52.6 Å². The highest BCUT2D eigenvalue weighted by Gasteiger charge is 2.10. The second kappa shape index (κ2) is 9.91. The number of benzene rings is 3. The molecule has 0 aliphatic rings. The smallest absolute Gasteiger partial charge is 0.307 e. The first-order valence-corrected chi connectivity index (χ1v) is 9.71. The van der Waals surface area contributed by atoms with Crippen LogP contribution in [0.1, 0.15) is 22.7 Å². The van der Waals surface area contributed by atoms with Crippen LogP contribution in [0.2, 0.25) is 0 Å². The van der Waals surface area contributed by atoms with Crippen LogP contribution in [0.15, 0.2) is 66.7 Å². The van der Waals surface area contributed by atoms with Crippen molar-refractivity contribution < 1.29 is 19.7 Å². The van der Waals surface area contributed by atoms with Crippen molar-refractivity contribution in [1.82, 2.24) is 0 Å². The fourth-order valence-corrected chi connectivity index (χ4v) is 3.26. The maximum absolute atomic E-state index is 11.1. The number of nitrogens with one attached hydrogen (secondary N) is 1. The van der Waals surface area contributed by atoms with Gasteiger partial charge in [0.2, 0.25) is 0 Å². The van der Waals surface area contributed by atoms with Crippen molar-refractivity contribution in [2.75, 3.05) is 19.0 Å². The second-order valence-corrected chi connectivity index (χ2v) is 7.05. The Labute approximate surface area is 175 Å². The van der Waals surface area contributed by atoms with Gasteiger partial charge in [-0.25, -0.2) is 0 Å². The number of carbonyl (C=O) groups is 1. The minimum Gasteiger partial charge on any atom is -0.489 e. The molecule has 0 saturated heterocycles. The van der Waals surface area contributed by atoms with Gasteiger partial charge in [0, 0.05) is 18.3 Å². The summed E-state index contributed by atoms with van der Waals surface area (Å²) in [5.74, 6) is -0.335. The molecular weight excluding hydrogens is 380 g/mol. The van der Waals surface area contributed by atoms with Gasteiger partial charge in [0.1, 0.15) is 12.4 Å². The Bertz CT molecular complexity index is 1020. The monoisotopic (exact) mass is 406 g/mol. The van der Waals surface area contributed by atoms with E-state index < -0.39 is 12.0 Å². The molecule has 0 aliphatic heterocycles. The summed E-state index contributed by atoms with van der Waals surface area (Å²) in [6.07, 6.45) is -0.0874. The number of ether oxygens (including phenoxy) is 1. The molecule has 0 saturated carbocycles. The van der Waals surface area contributed by atoms with Crippen molar-refractivity contribution in [3.8, 4) is 16.9 Å². The Kier molecular flexibility index (Phi) is 7.06. The molecule has 3 aromatic carbocycles. The van der Waals surface area contributed by atoms with Crippen molar-refractivity contribution in [1.29, 1.82) is 0 Å². The fraction of sp³-hybridized carbons (Fsp3) is 0.208. The number of nitrogens with two attached hydrogens (primary N) is 1. The molecule has 6 nitrogen and oxygen atoms in total. The van der Waals surface area contributed by atoms with Gasteiger partial charge in [-0.3, -0.25) is 4.79 Å². The first kappa shape index (κ1) is 21.4. The van der Waals surface area contributed by atoms with E-state index in [4.69, 9.17) is 15.6 Å². The molecule has 6 heteroatoms. The Morgan fingerprint density at radius 3 is 2.60 bits per heavy atom. The molecule has 0 aliphatic carbocycles. The van der Waals surface area contributed by atoms with Crippen LogP contribution in [-0.4, -0.2) is 29.8 Å².